The molecule has 8 nitrogen and oxygen atoms in total. The zero-order valence-corrected chi connectivity index (χ0v) is 18.0. The Morgan fingerprint density at radius 2 is 1.55 bits per heavy atom. The summed E-state index contributed by atoms with van der Waals surface area (Å²) >= 11 is 0. The molecule has 0 radical (unpaired) electrons. The number of benzene rings is 2. The average Bonchev–Trinajstić information content (AvgIpc) is 2.78. The van der Waals surface area contributed by atoms with E-state index in [-0.39, 0.29) is 16.2 Å². The van der Waals surface area contributed by atoms with Gasteiger partial charge in [0.1, 0.15) is 0 Å². The normalized spacial score (nSPS) is 14.6. The Hall–Kier alpha value is -3.04. The Balaban J connectivity index is 1.70. The van der Waals surface area contributed by atoms with E-state index in [1.165, 1.54) is 29.4 Å². The maximum atomic E-state index is 13.0. The van der Waals surface area contributed by atoms with Gasteiger partial charge in [0.2, 0.25) is 10.0 Å². The average molecular weight is 445 g/mol. The van der Waals surface area contributed by atoms with Crippen LogP contribution in [0.1, 0.15) is 46.9 Å². The molecule has 1 heterocycles. The van der Waals surface area contributed by atoms with Crippen LogP contribution in [0.2, 0.25) is 0 Å². The maximum Gasteiger partial charge on any atom is 0.340 e. The standard InChI is InChI=1S/C22H24N2O6S/c1-16(25)17-9-3-5-11-19(17)23-21(26)15-30-22(27)18-10-4-6-12-20(18)31(28,29)24-13-7-2-8-14-24/h3-6,9-12H,2,7-8,13-15H2,1H3,(H,23,26). The van der Waals surface area contributed by atoms with Crippen LogP contribution in [0.3, 0.4) is 0 Å². The molecule has 31 heavy (non-hydrogen) atoms. The molecule has 0 atom stereocenters. The van der Waals surface area contributed by atoms with Crippen LogP contribution in [0.25, 0.3) is 0 Å². The van der Waals surface area contributed by atoms with Crippen LogP contribution >= 0.6 is 0 Å². The van der Waals surface area contributed by atoms with Crippen molar-refractivity contribution in [1.29, 1.82) is 0 Å². The van der Waals surface area contributed by atoms with Crippen LogP contribution < -0.4 is 5.32 Å². The van der Waals surface area contributed by atoms with Crippen LogP contribution in [0.5, 0.6) is 0 Å². The van der Waals surface area contributed by atoms with E-state index in [0.29, 0.717) is 24.3 Å². The van der Waals surface area contributed by atoms with Crippen LogP contribution in [-0.4, -0.2) is 50.1 Å². The maximum absolute atomic E-state index is 13.0. The molecule has 2 aromatic rings. The summed E-state index contributed by atoms with van der Waals surface area (Å²) in [6.07, 6.45) is 2.51. The summed E-state index contributed by atoms with van der Waals surface area (Å²) in [7, 11) is -3.85. The molecule has 1 saturated heterocycles. The van der Waals surface area contributed by atoms with E-state index in [0.717, 1.165) is 19.3 Å². The summed E-state index contributed by atoms with van der Waals surface area (Å²) in [4.78, 5) is 36.3. The van der Waals surface area contributed by atoms with E-state index in [2.05, 4.69) is 5.32 Å². The molecule has 0 bridgehead atoms. The molecule has 1 fully saturated rings. The molecular weight excluding hydrogens is 420 g/mol. The predicted octanol–water partition coefficient (Wildman–Crippen LogP) is 2.86. The van der Waals surface area contributed by atoms with Crippen molar-refractivity contribution in [2.24, 2.45) is 0 Å². The Morgan fingerprint density at radius 3 is 2.23 bits per heavy atom. The fourth-order valence-corrected chi connectivity index (χ4v) is 5.10. The van der Waals surface area contributed by atoms with Crippen molar-refractivity contribution in [3.8, 4) is 0 Å². The van der Waals surface area contributed by atoms with Crippen LogP contribution in [-0.2, 0) is 19.6 Å². The lowest BCUT2D eigenvalue weighted by Crippen LogP contribution is -2.36. The predicted molar refractivity (Wildman–Crippen MR) is 114 cm³/mol. The van der Waals surface area contributed by atoms with Crippen LogP contribution in [0.4, 0.5) is 5.69 Å². The summed E-state index contributed by atoms with van der Waals surface area (Å²) in [5.41, 5.74) is 0.522. The number of carbonyl (C=O) groups is 3. The summed E-state index contributed by atoms with van der Waals surface area (Å²) in [5.74, 6) is -1.77. The molecule has 1 aliphatic heterocycles. The molecule has 9 heteroatoms. The summed E-state index contributed by atoms with van der Waals surface area (Å²) in [6, 6.07) is 12.3. The highest BCUT2D eigenvalue weighted by atomic mass is 32.2. The van der Waals surface area contributed by atoms with Gasteiger partial charge in [0.05, 0.1) is 16.1 Å². The molecule has 0 aliphatic carbocycles. The zero-order valence-electron chi connectivity index (χ0n) is 17.2. The van der Waals surface area contributed by atoms with Crippen LogP contribution in [0, 0.1) is 0 Å². The Bertz CT molecular complexity index is 1090. The molecule has 0 aromatic heterocycles. The highest BCUT2D eigenvalue weighted by Gasteiger charge is 2.30. The number of ketones is 1. The summed E-state index contributed by atoms with van der Waals surface area (Å²) < 4.78 is 32.4. The molecule has 164 valence electrons. The molecule has 1 N–H and O–H groups in total. The highest BCUT2D eigenvalue weighted by molar-refractivity contribution is 7.89. The number of carbonyl (C=O) groups excluding carboxylic acids is 3. The number of sulfonamides is 1. The van der Waals surface area contributed by atoms with Crippen molar-refractivity contribution < 1.29 is 27.5 Å². The minimum Gasteiger partial charge on any atom is -0.452 e. The highest BCUT2D eigenvalue weighted by Crippen LogP contribution is 2.24. The van der Waals surface area contributed by atoms with Gasteiger partial charge in [0.25, 0.3) is 5.91 Å². The van der Waals surface area contributed by atoms with E-state index < -0.39 is 28.5 Å². The SMILES string of the molecule is CC(=O)c1ccccc1NC(=O)COC(=O)c1ccccc1S(=O)(=O)N1CCCCC1. The zero-order chi connectivity index (χ0) is 22.4. The molecule has 1 aliphatic rings. The van der Waals surface area contributed by atoms with Gasteiger partial charge in [-0.15, -0.1) is 0 Å². The van der Waals surface area contributed by atoms with Crippen molar-refractivity contribution >= 4 is 33.4 Å². The number of Topliss-reactive ketones (excluding diaryl/α,β-unsaturated/α-hetero) is 1. The van der Waals surface area contributed by atoms with E-state index in [9.17, 15) is 22.8 Å². The third-order valence-electron chi connectivity index (χ3n) is 4.95. The molecule has 3 rings (SSSR count). The van der Waals surface area contributed by atoms with Gasteiger partial charge in [-0.05, 0) is 44.0 Å². The van der Waals surface area contributed by atoms with Crippen molar-refractivity contribution in [1.82, 2.24) is 4.31 Å². The topological polar surface area (TPSA) is 110 Å². The van der Waals surface area contributed by atoms with Gasteiger partial charge in [-0.1, -0.05) is 30.7 Å². The second kappa shape index (κ2) is 9.84. The smallest absolute Gasteiger partial charge is 0.340 e. The second-order valence-electron chi connectivity index (χ2n) is 7.19. The van der Waals surface area contributed by atoms with E-state index in [4.69, 9.17) is 4.74 Å². The van der Waals surface area contributed by atoms with Crippen molar-refractivity contribution in [2.45, 2.75) is 31.1 Å². The lowest BCUT2D eigenvalue weighted by atomic mass is 10.1. The van der Waals surface area contributed by atoms with Crippen molar-refractivity contribution in [2.75, 3.05) is 25.0 Å². The first-order valence-corrected chi connectivity index (χ1v) is 11.4. The van der Waals surface area contributed by atoms with E-state index >= 15 is 0 Å². The lowest BCUT2D eigenvalue weighted by Gasteiger charge is -2.26. The summed E-state index contributed by atoms with van der Waals surface area (Å²) in [5, 5.41) is 2.53. The number of amides is 1. The quantitative estimate of drug-likeness (QED) is 0.519. The molecule has 2 aromatic carbocycles. The summed E-state index contributed by atoms with van der Waals surface area (Å²) in [6.45, 7) is 1.57. The molecule has 0 saturated carbocycles. The largest absolute Gasteiger partial charge is 0.452 e. The molecular formula is C22H24N2O6S. The van der Waals surface area contributed by atoms with Gasteiger partial charge in [-0.25, -0.2) is 13.2 Å². The Morgan fingerprint density at radius 1 is 0.935 bits per heavy atom. The van der Waals surface area contributed by atoms with Gasteiger partial charge in [0.15, 0.2) is 12.4 Å². The van der Waals surface area contributed by atoms with E-state index in [1.54, 1.807) is 30.3 Å². The minimum absolute atomic E-state index is 0.120. The number of rotatable bonds is 7. The number of piperidine rings is 1. The van der Waals surface area contributed by atoms with Gasteiger partial charge in [0, 0.05) is 18.7 Å². The monoisotopic (exact) mass is 444 g/mol. The first-order valence-electron chi connectivity index (χ1n) is 9.97. The molecule has 0 unspecified atom stereocenters. The van der Waals surface area contributed by atoms with Crippen molar-refractivity contribution in [3.63, 3.8) is 0 Å². The first-order chi connectivity index (χ1) is 14.8. The molecule has 1 amide bonds. The number of nitrogens with zero attached hydrogens (tertiary/aromatic N) is 1. The number of nitrogens with one attached hydrogen (secondary N) is 1. The minimum atomic E-state index is -3.85. The number of hydrogen-bond donors (Lipinski definition) is 1. The first kappa shape index (κ1) is 22.6. The van der Waals surface area contributed by atoms with Crippen LogP contribution in [0.15, 0.2) is 53.4 Å². The Kier molecular flexibility index (Phi) is 7.19. The molecule has 0 spiro atoms. The number of hydrogen-bond acceptors (Lipinski definition) is 6. The third-order valence-corrected chi connectivity index (χ3v) is 6.91. The van der Waals surface area contributed by atoms with Gasteiger partial charge in [-0.2, -0.15) is 4.31 Å². The second-order valence-corrected chi connectivity index (χ2v) is 9.09. The fourth-order valence-electron chi connectivity index (χ4n) is 3.40. The van der Waals surface area contributed by atoms with Gasteiger partial charge < -0.3 is 10.1 Å². The Labute approximate surface area is 181 Å². The third kappa shape index (κ3) is 5.36. The lowest BCUT2D eigenvalue weighted by molar-refractivity contribution is -0.119. The number of esters is 1. The van der Waals surface area contributed by atoms with Crippen molar-refractivity contribution in [3.05, 3.63) is 59.7 Å². The van der Waals surface area contributed by atoms with Gasteiger partial charge in [-0.3, -0.25) is 9.59 Å². The fraction of sp³-hybridized carbons (Fsp3) is 0.318. The number of para-hydroxylation sites is 1. The van der Waals surface area contributed by atoms with Gasteiger partial charge >= 0.3 is 5.97 Å². The van der Waals surface area contributed by atoms with E-state index in [1.807, 2.05) is 0 Å². The number of anilines is 1. The number of ether oxygens (including phenoxy) is 1.